The first-order chi connectivity index (χ1) is 11.1. The lowest BCUT2D eigenvalue weighted by molar-refractivity contribution is -0.138. The van der Waals surface area contributed by atoms with Gasteiger partial charge in [-0.3, -0.25) is 14.6 Å². The van der Waals surface area contributed by atoms with E-state index in [0.29, 0.717) is 25.5 Å². The highest BCUT2D eigenvalue weighted by Crippen LogP contribution is 2.18. The van der Waals surface area contributed by atoms with E-state index >= 15 is 0 Å². The Labute approximate surface area is 136 Å². The Morgan fingerprint density at radius 1 is 1.35 bits per heavy atom. The molecule has 2 heterocycles. The van der Waals surface area contributed by atoms with Crippen LogP contribution in [0.5, 0.6) is 0 Å². The highest BCUT2D eigenvalue weighted by molar-refractivity contribution is 5.82. The molecule has 2 amide bonds. The van der Waals surface area contributed by atoms with Crippen LogP contribution < -0.4 is 10.6 Å². The molecule has 7 nitrogen and oxygen atoms in total. The van der Waals surface area contributed by atoms with E-state index in [1.165, 1.54) is 0 Å². The molecule has 7 heteroatoms. The number of nitrogens with one attached hydrogen (secondary N) is 2. The van der Waals surface area contributed by atoms with Gasteiger partial charge in [-0.25, -0.2) is 4.98 Å². The third kappa shape index (κ3) is 5.19. The van der Waals surface area contributed by atoms with Gasteiger partial charge in [-0.05, 0) is 12.8 Å². The summed E-state index contributed by atoms with van der Waals surface area (Å²) < 4.78 is 0. The lowest BCUT2D eigenvalue weighted by Crippen LogP contribution is -2.47. The molecule has 1 saturated heterocycles. The third-order valence-corrected chi connectivity index (χ3v) is 3.89. The molecule has 2 N–H and O–H groups in total. The number of amides is 2. The maximum absolute atomic E-state index is 12.2. The van der Waals surface area contributed by atoms with Crippen LogP contribution in [-0.2, 0) is 9.59 Å². The Bertz CT molecular complexity index is 520. The Balaban J connectivity index is 1.71. The van der Waals surface area contributed by atoms with Crippen molar-refractivity contribution in [3.63, 3.8) is 0 Å². The molecule has 1 atom stereocenters. The summed E-state index contributed by atoms with van der Waals surface area (Å²) in [5.41, 5.74) is 0. The maximum atomic E-state index is 12.2. The van der Waals surface area contributed by atoms with Crippen LogP contribution in [-0.4, -0.2) is 52.9 Å². The monoisotopic (exact) mass is 319 g/mol. The summed E-state index contributed by atoms with van der Waals surface area (Å²) >= 11 is 0. The molecule has 126 valence electrons. The van der Waals surface area contributed by atoms with E-state index < -0.39 is 0 Å². The molecule has 1 aliphatic heterocycles. The number of rotatable bonds is 6. The Kier molecular flexibility index (Phi) is 6.31. The molecule has 0 saturated carbocycles. The summed E-state index contributed by atoms with van der Waals surface area (Å²) in [6, 6.07) is 0. The number of piperidine rings is 1. The molecule has 1 aliphatic rings. The second-order valence-electron chi connectivity index (χ2n) is 6.09. The van der Waals surface area contributed by atoms with E-state index in [1.807, 2.05) is 18.7 Å². The Morgan fingerprint density at radius 2 is 2.17 bits per heavy atom. The fraction of sp³-hybridized carbons (Fsp3) is 0.625. The highest BCUT2D eigenvalue weighted by Gasteiger charge is 2.28. The van der Waals surface area contributed by atoms with Crippen LogP contribution >= 0.6 is 0 Å². The summed E-state index contributed by atoms with van der Waals surface area (Å²) in [6.45, 7) is 6.18. The van der Waals surface area contributed by atoms with E-state index in [9.17, 15) is 9.59 Å². The fourth-order valence-corrected chi connectivity index (χ4v) is 2.67. The number of carbonyl (C=O) groups excluding carboxylic acids is 2. The van der Waals surface area contributed by atoms with Gasteiger partial charge in [0.25, 0.3) is 0 Å². The van der Waals surface area contributed by atoms with E-state index in [1.54, 1.807) is 18.6 Å². The van der Waals surface area contributed by atoms with Crippen molar-refractivity contribution in [2.75, 3.05) is 31.5 Å². The van der Waals surface area contributed by atoms with Crippen molar-refractivity contribution in [2.24, 2.45) is 11.8 Å². The molecule has 0 spiro atoms. The first kappa shape index (κ1) is 17.2. The van der Waals surface area contributed by atoms with Crippen molar-refractivity contribution >= 4 is 17.6 Å². The number of nitrogens with zero attached hydrogens (tertiary/aromatic N) is 3. The molecule has 0 aromatic carbocycles. The number of aromatic nitrogens is 2. The van der Waals surface area contributed by atoms with Crippen molar-refractivity contribution < 1.29 is 9.59 Å². The smallest absolute Gasteiger partial charge is 0.225 e. The number of carbonyl (C=O) groups is 2. The lowest BCUT2D eigenvalue weighted by Gasteiger charge is -2.33. The molecular weight excluding hydrogens is 294 g/mol. The van der Waals surface area contributed by atoms with E-state index in [4.69, 9.17) is 0 Å². The predicted octanol–water partition coefficient (Wildman–Crippen LogP) is 0.899. The third-order valence-electron chi connectivity index (χ3n) is 3.89. The van der Waals surface area contributed by atoms with Crippen molar-refractivity contribution in [3.05, 3.63) is 18.6 Å². The molecule has 23 heavy (non-hydrogen) atoms. The minimum absolute atomic E-state index is 0.0204. The SMILES string of the molecule is CC(C)C(=O)N1CCC[C@@H](C(=O)NCCNc2cnccn2)C1. The molecule has 1 aromatic heterocycles. The fourth-order valence-electron chi connectivity index (χ4n) is 2.67. The van der Waals surface area contributed by atoms with Crippen LogP contribution in [0.4, 0.5) is 5.82 Å². The van der Waals surface area contributed by atoms with Crippen LogP contribution in [0, 0.1) is 11.8 Å². The quantitative estimate of drug-likeness (QED) is 0.761. The molecular formula is C16H25N5O2. The number of hydrogen-bond donors (Lipinski definition) is 2. The van der Waals surface area contributed by atoms with Crippen molar-refractivity contribution in [3.8, 4) is 0 Å². The van der Waals surface area contributed by atoms with Crippen molar-refractivity contribution in [2.45, 2.75) is 26.7 Å². The summed E-state index contributed by atoms with van der Waals surface area (Å²) in [5.74, 6) is 0.711. The Hall–Kier alpha value is -2.18. The second kappa shape index (κ2) is 8.45. The minimum atomic E-state index is -0.108. The van der Waals surface area contributed by atoms with Crippen LogP contribution in [0.25, 0.3) is 0 Å². The maximum Gasteiger partial charge on any atom is 0.225 e. The first-order valence-corrected chi connectivity index (χ1v) is 8.14. The van der Waals surface area contributed by atoms with Gasteiger partial charge in [0.1, 0.15) is 5.82 Å². The minimum Gasteiger partial charge on any atom is -0.367 e. The van der Waals surface area contributed by atoms with E-state index in [0.717, 1.165) is 19.4 Å². The summed E-state index contributed by atoms with van der Waals surface area (Å²) in [5, 5.41) is 6.02. The second-order valence-corrected chi connectivity index (χ2v) is 6.09. The van der Waals surface area contributed by atoms with Crippen LogP contribution in [0.15, 0.2) is 18.6 Å². The van der Waals surface area contributed by atoms with Crippen molar-refractivity contribution in [1.29, 1.82) is 0 Å². The molecule has 0 unspecified atom stereocenters. The van der Waals surface area contributed by atoms with Gasteiger partial charge >= 0.3 is 0 Å². The van der Waals surface area contributed by atoms with Crippen LogP contribution in [0.1, 0.15) is 26.7 Å². The molecule has 0 radical (unpaired) electrons. The van der Waals surface area contributed by atoms with Gasteiger partial charge in [-0.15, -0.1) is 0 Å². The summed E-state index contributed by atoms with van der Waals surface area (Å²) in [6.07, 6.45) is 6.58. The largest absolute Gasteiger partial charge is 0.367 e. The molecule has 0 bridgehead atoms. The predicted molar refractivity (Wildman–Crippen MR) is 87.7 cm³/mol. The molecule has 0 aliphatic carbocycles. The van der Waals surface area contributed by atoms with Gasteiger partial charge in [-0.1, -0.05) is 13.8 Å². The zero-order chi connectivity index (χ0) is 16.7. The number of anilines is 1. The van der Waals surface area contributed by atoms with Gasteiger partial charge in [0.05, 0.1) is 12.1 Å². The van der Waals surface area contributed by atoms with Gasteiger partial charge < -0.3 is 15.5 Å². The van der Waals surface area contributed by atoms with E-state index in [2.05, 4.69) is 20.6 Å². The average Bonchev–Trinajstić information content (AvgIpc) is 2.58. The Morgan fingerprint density at radius 3 is 2.87 bits per heavy atom. The summed E-state index contributed by atoms with van der Waals surface area (Å²) in [4.78, 5) is 34.2. The average molecular weight is 319 g/mol. The number of hydrogen-bond acceptors (Lipinski definition) is 5. The summed E-state index contributed by atoms with van der Waals surface area (Å²) in [7, 11) is 0. The molecule has 1 aromatic rings. The molecule has 1 fully saturated rings. The number of likely N-dealkylation sites (tertiary alicyclic amines) is 1. The van der Waals surface area contributed by atoms with Gasteiger partial charge in [-0.2, -0.15) is 0 Å². The first-order valence-electron chi connectivity index (χ1n) is 8.14. The standard InChI is InChI=1S/C16H25N5O2/c1-12(2)16(23)21-9-3-4-13(11-21)15(22)20-8-7-19-14-10-17-5-6-18-14/h5-6,10,12-13H,3-4,7-9,11H2,1-2H3,(H,18,19)(H,20,22)/t13-/m1/s1. The lowest BCUT2D eigenvalue weighted by atomic mass is 9.96. The van der Waals surface area contributed by atoms with Crippen molar-refractivity contribution in [1.82, 2.24) is 20.2 Å². The van der Waals surface area contributed by atoms with Gasteiger partial charge in [0, 0.05) is 44.5 Å². The van der Waals surface area contributed by atoms with Crippen LogP contribution in [0.3, 0.4) is 0 Å². The zero-order valence-corrected chi connectivity index (χ0v) is 13.8. The molecule has 2 rings (SSSR count). The topological polar surface area (TPSA) is 87.2 Å². The zero-order valence-electron chi connectivity index (χ0n) is 13.8. The van der Waals surface area contributed by atoms with Gasteiger partial charge in [0.2, 0.25) is 11.8 Å². The highest BCUT2D eigenvalue weighted by atomic mass is 16.2. The normalized spacial score (nSPS) is 17.9. The van der Waals surface area contributed by atoms with Gasteiger partial charge in [0.15, 0.2) is 0 Å². The van der Waals surface area contributed by atoms with E-state index in [-0.39, 0.29) is 23.7 Å². The van der Waals surface area contributed by atoms with Crippen LogP contribution in [0.2, 0.25) is 0 Å².